The van der Waals surface area contributed by atoms with Gasteiger partial charge in [0.05, 0.1) is 9.40 Å². The quantitative estimate of drug-likeness (QED) is 0.643. The van der Waals surface area contributed by atoms with Crippen LogP contribution in [-0.2, 0) is 0 Å². The van der Waals surface area contributed by atoms with E-state index in [1.807, 2.05) is 18.7 Å². The van der Waals surface area contributed by atoms with Gasteiger partial charge in [-0.1, -0.05) is 0 Å². The van der Waals surface area contributed by atoms with Gasteiger partial charge in [0.15, 0.2) is 0 Å². The van der Waals surface area contributed by atoms with Crippen LogP contribution in [0.5, 0.6) is 0 Å². The fourth-order valence-corrected chi connectivity index (χ4v) is 2.15. The molecule has 0 radical (unpaired) electrons. The number of pyridine rings is 1. The van der Waals surface area contributed by atoms with Crippen molar-refractivity contribution in [2.24, 2.45) is 0 Å². The van der Waals surface area contributed by atoms with Crippen LogP contribution in [0, 0.1) is 10.1 Å². The van der Waals surface area contributed by atoms with Gasteiger partial charge < -0.3 is 10.0 Å². The Morgan fingerprint density at radius 1 is 1.61 bits per heavy atom. The number of hydrogen-bond acceptors (Lipinski definition) is 5. The largest absolute Gasteiger partial charge is 0.396 e. The first-order valence-electron chi connectivity index (χ1n) is 5.64. The van der Waals surface area contributed by atoms with Crippen molar-refractivity contribution in [1.29, 1.82) is 0 Å². The molecule has 0 aliphatic heterocycles. The molecule has 0 saturated carbocycles. The maximum Gasteiger partial charge on any atom is 0.288 e. The molecule has 0 aliphatic rings. The normalized spacial score (nSPS) is 10.7. The summed E-state index contributed by atoms with van der Waals surface area (Å²) >= 11 is 3.31. The van der Waals surface area contributed by atoms with Crippen molar-refractivity contribution in [2.45, 2.75) is 26.3 Å². The fourth-order valence-electron chi connectivity index (χ4n) is 1.58. The minimum absolute atomic E-state index is 0.0449. The highest BCUT2D eigenvalue weighted by Crippen LogP contribution is 2.28. The third-order valence-electron chi connectivity index (χ3n) is 2.47. The Morgan fingerprint density at radius 3 is 2.72 bits per heavy atom. The molecule has 0 aliphatic carbocycles. The van der Waals surface area contributed by atoms with Crippen LogP contribution in [0.3, 0.4) is 0 Å². The predicted molar refractivity (Wildman–Crippen MR) is 72.8 cm³/mol. The summed E-state index contributed by atoms with van der Waals surface area (Å²) in [7, 11) is 0. The van der Waals surface area contributed by atoms with Crippen LogP contribution in [0.2, 0.25) is 0 Å². The zero-order valence-electron chi connectivity index (χ0n) is 10.3. The Kier molecular flexibility index (Phi) is 5.49. The van der Waals surface area contributed by atoms with E-state index >= 15 is 0 Å². The molecule has 7 heteroatoms. The standard InChI is InChI=1S/C11H16BrN3O3/c1-8(2)14(4-3-5-16)11-10(12)6-9(7-13-11)15(17)18/h6-8,16H,3-5H2,1-2H3. The molecule has 0 aromatic carbocycles. The summed E-state index contributed by atoms with van der Waals surface area (Å²) in [6.45, 7) is 4.77. The van der Waals surface area contributed by atoms with Crippen molar-refractivity contribution >= 4 is 27.4 Å². The lowest BCUT2D eigenvalue weighted by Gasteiger charge is -2.28. The van der Waals surface area contributed by atoms with Crippen molar-refractivity contribution in [1.82, 2.24) is 4.98 Å². The van der Waals surface area contributed by atoms with Crippen molar-refractivity contribution in [2.75, 3.05) is 18.1 Å². The van der Waals surface area contributed by atoms with Crippen molar-refractivity contribution in [3.8, 4) is 0 Å². The lowest BCUT2D eigenvalue weighted by atomic mass is 10.2. The topological polar surface area (TPSA) is 79.5 Å². The molecule has 0 fully saturated rings. The van der Waals surface area contributed by atoms with E-state index in [0.717, 1.165) is 0 Å². The number of aliphatic hydroxyl groups is 1. The monoisotopic (exact) mass is 317 g/mol. The smallest absolute Gasteiger partial charge is 0.288 e. The van der Waals surface area contributed by atoms with Crippen LogP contribution in [0.4, 0.5) is 11.5 Å². The first-order chi connectivity index (χ1) is 8.47. The van der Waals surface area contributed by atoms with E-state index in [-0.39, 0.29) is 18.3 Å². The summed E-state index contributed by atoms with van der Waals surface area (Å²) in [5.41, 5.74) is -0.0449. The second kappa shape index (κ2) is 6.65. The molecule has 6 nitrogen and oxygen atoms in total. The Balaban J connectivity index is 3.01. The molecule has 1 heterocycles. The average Bonchev–Trinajstić information content (AvgIpc) is 2.30. The number of anilines is 1. The zero-order chi connectivity index (χ0) is 13.7. The Morgan fingerprint density at radius 2 is 2.28 bits per heavy atom. The second-order valence-electron chi connectivity index (χ2n) is 4.12. The third-order valence-corrected chi connectivity index (χ3v) is 3.05. The molecule has 0 bridgehead atoms. The summed E-state index contributed by atoms with van der Waals surface area (Å²) in [5, 5.41) is 19.5. The van der Waals surface area contributed by atoms with Gasteiger partial charge in [-0.2, -0.15) is 0 Å². The number of hydrogen-bond donors (Lipinski definition) is 1. The van der Waals surface area contributed by atoms with E-state index in [4.69, 9.17) is 5.11 Å². The van der Waals surface area contributed by atoms with Crippen LogP contribution < -0.4 is 4.90 Å². The van der Waals surface area contributed by atoms with Gasteiger partial charge >= 0.3 is 0 Å². The fraction of sp³-hybridized carbons (Fsp3) is 0.545. The highest BCUT2D eigenvalue weighted by atomic mass is 79.9. The van der Waals surface area contributed by atoms with E-state index < -0.39 is 4.92 Å². The van der Waals surface area contributed by atoms with Gasteiger partial charge in [0.2, 0.25) is 0 Å². The SMILES string of the molecule is CC(C)N(CCCO)c1ncc([N+](=O)[O-])cc1Br. The molecule has 0 unspecified atom stereocenters. The summed E-state index contributed by atoms with van der Waals surface area (Å²) in [6, 6.07) is 1.64. The number of rotatable bonds is 6. The van der Waals surface area contributed by atoms with E-state index in [9.17, 15) is 10.1 Å². The molecule has 1 aromatic rings. The number of aromatic nitrogens is 1. The van der Waals surface area contributed by atoms with Gasteiger partial charge in [-0.25, -0.2) is 4.98 Å². The molecule has 0 atom stereocenters. The summed E-state index contributed by atoms with van der Waals surface area (Å²) in [4.78, 5) is 16.3. The molecular weight excluding hydrogens is 302 g/mol. The van der Waals surface area contributed by atoms with Gasteiger partial charge in [0.25, 0.3) is 5.69 Å². The number of halogens is 1. The zero-order valence-corrected chi connectivity index (χ0v) is 11.9. The number of aliphatic hydroxyl groups excluding tert-OH is 1. The number of nitro groups is 1. The predicted octanol–water partition coefficient (Wildman–Crippen LogP) is 2.35. The summed E-state index contributed by atoms with van der Waals surface area (Å²) < 4.78 is 0.586. The molecule has 1 aromatic heterocycles. The Labute approximate surface area is 114 Å². The summed E-state index contributed by atoms with van der Waals surface area (Å²) in [5.74, 6) is 0.657. The second-order valence-corrected chi connectivity index (χ2v) is 4.97. The Bertz CT molecular complexity index is 426. The van der Waals surface area contributed by atoms with E-state index in [2.05, 4.69) is 20.9 Å². The maximum absolute atomic E-state index is 10.6. The highest BCUT2D eigenvalue weighted by Gasteiger charge is 2.17. The summed E-state index contributed by atoms with van der Waals surface area (Å²) in [6.07, 6.45) is 1.87. The van der Waals surface area contributed by atoms with Crippen LogP contribution >= 0.6 is 15.9 Å². The molecule has 0 amide bonds. The molecule has 100 valence electrons. The van der Waals surface area contributed by atoms with Gasteiger partial charge in [-0.05, 0) is 36.2 Å². The molecular formula is C11H16BrN3O3. The lowest BCUT2D eigenvalue weighted by Crippen LogP contribution is -2.33. The van der Waals surface area contributed by atoms with Gasteiger partial charge in [0.1, 0.15) is 12.0 Å². The lowest BCUT2D eigenvalue weighted by molar-refractivity contribution is -0.385. The van der Waals surface area contributed by atoms with Crippen molar-refractivity contribution < 1.29 is 10.0 Å². The molecule has 18 heavy (non-hydrogen) atoms. The number of nitrogens with zero attached hydrogens (tertiary/aromatic N) is 3. The minimum atomic E-state index is -0.477. The minimum Gasteiger partial charge on any atom is -0.396 e. The van der Waals surface area contributed by atoms with Crippen LogP contribution in [0.1, 0.15) is 20.3 Å². The van der Waals surface area contributed by atoms with E-state index in [0.29, 0.717) is 23.3 Å². The van der Waals surface area contributed by atoms with Crippen LogP contribution in [0.15, 0.2) is 16.7 Å². The van der Waals surface area contributed by atoms with Crippen LogP contribution in [-0.4, -0.2) is 34.2 Å². The van der Waals surface area contributed by atoms with Gasteiger partial charge in [-0.3, -0.25) is 10.1 Å². The van der Waals surface area contributed by atoms with Crippen LogP contribution in [0.25, 0.3) is 0 Å². The van der Waals surface area contributed by atoms with Gasteiger partial charge in [-0.15, -0.1) is 0 Å². The van der Waals surface area contributed by atoms with Crippen molar-refractivity contribution in [3.63, 3.8) is 0 Å². The molecule has 1 N–H and O–H groups in total. The molecule has 0 saturated heterocycles. The average molecular weight is 318 g/mol. The molecule has 1 rings (SSSR count). The van der Waals surface area contributed by atoms with E-state index in [1.54, 1.807) is 0 Å². The van der Waals surface area contributed by atoms with E-state index in [1.165, 1.54) is 12.3 Å². The first-order valence-corrected chi connectivity index (χ1v) is 6.44. The first kappa shape index (κ1) is 14.8. The highest BCUT2D eigenvalue weighted by molar-refractivity contribution is 9.10. The van der Waals surface area contributed by atoms with Gasteiger partial charge in [0, 0.05) is 25.3 Å². The maximum atomic E-state index is 10.6. The Hall–Kier alpha value is -1.21. The third kappa shape index (κ3) is 3.64. The van der Waals surface area contributed by atoms with Crippen molar-refractivity contribution in [3.05, 3.63) is 26.9 Å². The molecule has 0 spiro atoms.